The van der Waals surface area contributed by atoms with E-state index in [1.165, 1.54) is 31.1 Å². The highest BCUT2D eigenvalue weighted by molar-refractivity contribution is 5.91. The number of carbonyl (C=O) groups is 3. The maximum absolute atomic E-state index is 13.3. The molecule has 3 N–H and O–H groups in total. The number of carbonyl (C=O) groups excluding carboxylic acids is 3. The van der Waals surface area contributed by atoms with Gasteiger partial charge in [0.05, 0.1) is 13.0 Å². The topological polar surface area (TPSA) is 102 Å². The number of rotatable bonds is 10. The monoisotopic (exact) mass is 367 g/mol. The first-order chi connectivity index (χ1) is 12.2. The highest BCUT2D eigenvalue weighted by atomic mass is 19.1. The molecule has 1 aromatic rings. The summed E-state index contributed by atoms with van der Waals surface area (Å²) in [5.41, 5.74) is 5.91. The van der Waals surface area contributed by atoms with Gasteiger partial charge in [-0.15, -0.1) is 0 Å². The number of nitrogens with zero attached hydrogens (tertiary/aromatic N) is 1. The zero-order valence-electron chi connectivity index (χ0n) is 15.4. The van der Waals surface area contributed by atoms with E-state index < -0.39 is 17.9 Å². The standard InChI is InChI=1S/C18H26FN3O4/c1-12-8-13(19)10-14(9-12)26-7-5-4-6-17(24)22(3)15(11-16(20)23)18(25)21-2/h8-10,15H,4-7,11H2,1-3H3,(H2,20,23)(H,21,25). The molecule has 0 aliphatic rings. The number of aryl methyl sites for hydroxylation is 1. The van der Waals surface area contributed by atoms with Crippen LogP contribution in [0.15, 0.2) is 18.2 Å². The Bertz CT molecular complexity index is 631. The minimum absolute atomic E-state index is 0.203. The third-order valence-electron chi connectivity index (χ3n) is 3.87. The Hall–Kier alpha value is -2.64. The first kappa shape index (κ1) is 21.4. The predicted octanol–water partition coefficient (Wildman–Crippen LogP) is 1.13. The number of hydrogen-bond acceptors (Lipinski definition) is 4. The van der Waals surface area contributed by atoms with Crippen molar-refractivity contribution < 1.29 is 23.5 Å². The second-order valence-electron chi connectivity index (χ2n) is 6.07. The van der Waals surface area contributed by atoms with E-state index in [9.17, 15) is 18.8 Å². The van der Waals surface area contributed by atoms with Crippen LogP contribution in [-0.4, -0.2) is 49.4 Å². The van der Waals surface area contributed by atoms with Gasteiger partial charge in [-0.05, 0) is 37.5 Å². The van der Waals surface area contributed by atoms with Crippen molar-refractivity contribution in [3.63, 3.8) is 0 Å². The summed E-state index contributed by atoms with van der Waals surface area (Å²) in [5.74, 6) is -1.26. The van der Waals surface area contributed by atoms with Gasteiger partial charge >= 0.3 is 0 Å². The summed E-state index contributed by atoms with van der Waals surface area (Å²) in [6.45, 7) is 2.12. The fourth-order valence-corrected chi connectivity index (χ4v) is 2.47. The third kappa shape index (κ3) is 7.08. The molecular weight excluding hydrogens is 341 g/mol. The number of primary amides is 1. The number of unbranched alkanes of at least 4 members (excludes halogenated alkanes) is 1. The van der Waals surface area contributed by atoms with Crippen molar-refractivity contribution in [3.8, 4) is 5.75 Å². The van der Waals surface area contributed by atoms with E-state index in [0.29, 0.717) is 25.2 Å². The molecule has 0 spiro atoms. The molecule has 8 heteroatoms. The van der Waals surface area contributed by atoms with E-state index in [1.54, 1.807) is 13.0 Å². The summed E-state index contributed by atoms with van der Waals surface area (Å²) >= 11 is 0. The maximum atomic E-state index is 13.3. The highest BCUT2D eigenvalue weighted by Gasteiger charge is 2.27. The largest absolute Gasteiger partial charge is 0.493 e. The van der Waals surface area contributed by atoms with E-state index in [1.807, 2.05) is 0 Å². The first-order valence-corrected chi connectivity index (χ1v) is 8.40. The number of nitrogens with one attached hydrogen (secondary N) is 1. The quantitative estimate of drug-likeness (QED) is 0.605. The Labute approximate surface area is 152 Å². The molecule has 0 heterocycles. The molecule has 1 aromatic carbocycles. The maximum Gasteiger partial charge on any atom is 0.243 e. The van der Waals surface area contributed by atoms with Gasteiger partial charge in [-0.2, -0.15) is 0 Å². The molecular formula is C18H26FN3O4. The number of halogens is 1. The molecule has 0 aliphatic heterocycles. The lowest BCUT2D eigenvalue weighted by atomic mass is 10.1. The predicted molar refractivity (Wildman–Crippen MR) is 94.9 cm³/mol. The number of ether oxygens (including phenoxy) is 1. The molecule has 0 radical (unpaired) electrons. The lowest BCUT2D eigenvalue weighted by molar-refractivity contribution is -0.140. The second kappa shape index (κ2) is 10.4. The lowest BCUT2D eigenvalue weighted by Gasteiger charge is -2.26. The molecule has 144 valence electrons. The van der Waals surface area contributed by atoms with Gasteiger partial charge in [0, 0.05) is 26.6 Å². The minimum Gasteiger partial charge on any atom is -0.493 e. The van der Waals surface area contributed by atoms with Crippen molar-refractivity contribution in [2.45, 2.75) is 38.6 Å². The normalized spacial score (nSPS) is 11.5. The average Bonchev–Trinajstić information content (AvgIpc) is 2.56. The van der Waals surface area contributed by atoms with Crippen LogP contribution in [0.3, 0.4) is 0 Å². The Kier molecular flexibility index (Phi) is 8.54. The summed E-state index contributed by atoms with van der Waals surface area (Å²) < 4.78 is 18.7. The number of nitrogens with two attached hydrogens (primary N) is 1. The number of likely N-dealkylation sites (N-methyl/N-ethyl adjacent to an activating group) is 2. The first-order valence-electron chi connectivity index (χ1n) is 8.40. The molecule has 0 aliphatic carbocycles. The fourth-order valence-electron chi connectivity index (χ4n) is 2.47. The van der Waals surface area contributed by atoms with Crippen molar-refractivity contribution >= 4 is 17.7 Å². The van der Waals surface area contributed by atoms with Crippen LogP contribution >= 0.6 is 0 Å². The summed E-state index contributed by atoms with van der Waals surface area (Å²) in [6.07, 6.45) is 1.10. The lowest BCUT2D eigenvalue weighted by Crippen LogP contribution is -2.48. The van der Waals surface area contributed by atoms with E-state index in [-0.39, 0.29) is 24.6 Å². The second-order valence-corrected chi connectivity index (χ2v) is 6.07. The van der Waals surface area contributed by atoms with Gasteiger partial charge in [-0.25, -0.2) is 4.39 Å². The van der Waals surface area contributed by atoms with Gasteiger partial charge in [0.1, 0.15) is 17.6 Å². The molecule has 0 fully saturated rings. The molecule has 1 unspecified atom stereocenters. The average molecular weight is 367 g/mol. The van der Waals surface area contributed by atoms with Crippen LogP contribution in [0.4, 0.5) is 4.39 Å². The summed E-state index contributed by atoms with van der Waals surface area (Å²) in [6, 6.07) is 3.54. The van der Waals surface area contributed by atoms with Gasteiger partial charge in [-0.1, -0.05) is 0 Å². The van der Waals surface area contributed by atoms with Gasteiger partial charge in [0.25, 0.3) is 0 Å². The molecule has 0 saturated heterocycles. The zero-order chi connectivity index (χ0) is 19.7. The van der Waals surface area contributed by atoms with Crippen LogP contribution in [0.2, 0.25) is 0 Å². The van der Waals surface area contributed by atoms with Crippen molar-refractivity contribution in [1.82, 2.24) is 10.2 Å². The van der Waals surface area contributed by atoms with E-state index in [2.05, 4.69) is 5.32 Å². The van der Waals surface area contributed by atoms with E-state index in [4.69, 9.17) is 10.5 Å². The minimum atomic E-state index is -0.920. The zero-order valence-corrected chi connectivity index (χ0v) is 15.4. The van der Waals surface area contributed by atoms with E-state index >= 15 is 0 Å². The summed E-state index contributed by atoms with van der Waals surface area (Å²) in [4.78, 5) is 36.4. The van der Waals surface area contributed by atoms with Crippen LogP contribution in [-0.2, 0) is 14.4 Å². The van der Waals surface area contributed by atoms with Gasteiger partial charge in [0.2, 0.25) is 17.7 Å². The highest BCUT2D eigenvalue weighted by Crippen LogP contribution is 2.16. The fraction of sp³-hybridized carbons (Fsp3) is 0.500. The van der Waals surface area contributed by atoms with Gasteiger partial charge in [0.15, 0.2) is 0 Å². The Morgan fingerprint density at radius 2 is 1.96 bits per heavy atom. The van der Waals surface area contributed by atoms with Crippen LogP contribution in [0, 0.1) is 12.7 Å². The molecule has 7 nitrogen and oxygen atoms in total. The number of amides is 3. The summed E-state index contributed by atoms with van der Waals surface area (Å²) in [7, 11) is 2.90. The van der Waals surface area contributed by atoms with Crippen molar-refractivity contribution in [3.05, 3.63) is 29.6 Å². The van der Waals surface area contributed by atoms with E-state index in [0.717, 1.165) is 5.56 Å². The molecule has 0 saturated carbocycles. The smallest absolute Gasteiger partial charge is 0.243 e. The molecule has 0 bridgehead atoms. The van der Waals surface area contributed by atoms with Gasteiger partial charge < -0.3 is 20.7 Å². The molecule has 0 aromatic heterocycles. The number of hydrogen-bond donors (Lipinski definition) is 2. The van der Waals surface area contributed by atoms with Crippen LogP contribution in [0.1, 0.15) is 31.2 Å². The third-order valence-corrected chi connectivity index (χ3v) is 3.87. The summed E-state index contributed by atoms with van der Waals surface area (Å²) in [5, 5.41) is 2.42. The number of benzene rings is 1. The molecule has 1 rings (SSSR count). The van der Waals surface area contributed by atoms with Crippen molar-refractivity contribution in [2.75, 3.05) is 20.7 Å². The molecule has 26 heavy (non-hydrogen) atoms. The molecule has 3 amide bonds. The van der Waals surface area contributed by atoms with Crippen LogP contribution < -0.4 is 15.8 Å². The van der Waals surface area contributed by atoms with Crippen LogP contribution in [0.5, 0.6) is 5.75 Å². The Morgan fingerprint density at radius 3 is 2.54 bits per heavy atom. The Balaban J connectivity index is 2.42. The Morgan fingerprint density at radius 1 is 1.27 bits per heavy atom. The van der Waals surface area contributed by atoms with Crippen molar-refractivity contribution in [2.24, 2.45) is 5.73 Å². The van der Waals surface area contributed by atoms with Crippen LogP contribution in [0.25, 0.3) is 0 Å². The molecule has 1 atom stereocenters. The SMILES string of the molecule is CNC(=O)C(CC(N)=O)N(C)C(=O)CCCCOc1cc(C)cc(F)c1. The van der Waals surface area contributed by atoms with Gasteiger partial charge in [-0.3, -0.25) is 14.4 Å². The van der Waals surface area contributed by atoms with Crippen molar-refractivity contribution in [1.29, 1.82) is 0 Å².